The van der Waals surface area contributed by atoms with Gasteiger partial charge in [0.25, 0.3) is 0 Å². The maximum absolute atomic E-state index is 13.5. The molecule has 0 bridgehead atoms. The number of carboxylic acids is 1. The molecule has 17 heavy (non-hydrogen) atoms. The molecule has 0 radical (unpaired) electrons. The molecule has 0 saturated carbocycles. The van der Waals surface area contributed by atoms with Gasteiger partial charge in [0.1, 0.15) is 22.4 Å². The monoisotopic (exact) mass is 255 g/mol. The first-order valence-electron chi connectivity index (χ1n) is 4.89. The highest BCUT2D eigenvalue weighted by molar-refractivity contribution is 7.98. The van der Waals surface area contributed by atoms with E-state index in [1.54, 1.807) is 11.8 Å². The van der Waals surface area contributed by atoms with Gasteiger partial charge >= 0.3 is 5.97 Å². The number of aryl methyl sites for hydroxylation is 1. The van der Waals surface area contributed by atoms with Crippen molar-refractivity contribution in [3.63, 3.8) is 0 Å². The van der Waals surface area contributed by atoms with Gasteiger partial charge in [-0.25, -0.2) is 13.9 Å². The van der Waals surface area contributed by atoms with E-state index in [1.165, 1.54) is 10.7 Å². The third-order valence-corrected chi connectivity index (χ3v) is 2.94. The summed E-state index contributed by atoms with van der Waals surface area (Å²) in [6.07, 6.45) is 1.93. The van der Waals surface area contributed by atoms with Crippen molar-refractivity contribution in [1.82, 2.24) is 15.0 Å². The van der Waals surface area contributed by atoms with Crippen molar-refractivity contribution < 1.29 is 14.3 Å². The Kier molecular flexibility index (Phi) is 3.28. The van der Waals surface area contributed by atoms with Crippen LogP contribution in [0.2, 0.25) is 0 Å². The summed E-state index contributed by atoms with van der Waals surface area (Å²) in [7, 11) is 0. The maximum Gasteiger partial charge on any atom is 0.340 e. The SMILES string of the molecule is CSCCn1nnc2ccc(F)c(C(=O)O)c21. The number of carboxylic acid groups (broad SMARTS) is 1. The summed E-state index contributed by atoms with van der Waals surface area (Å²) in [5.41, 5.74) is 0.269. The number of rotatable bonds is 4. The van der Waals surface area contributed by atoms with Crippen LogP contribution in [0.3, 0.4) is 0 Å². The topological polar surface area (TPSA) is 68.0 Å². The van der Waals surface area contributed by atoms with Gasteiger partial charge in [-0.3, -0.25) is 0 Å². The lowest BCUT2D eigenvalue weighted by Gasteiger charge is -2.04. The van der Waals surface area contributed by atoms with E-state index in [9.17, 15) is 9.18 Å². The average molecular weight is 255 g/mol. The van der Waals surface area contributed by atoms with Crippen LogP contribution in [-0.4, -0.2) is 38.1 Å². The van der Waals surface area contributed by atoms with Gasteiger partial charge in [-0.2, -0.15) is 11.8 Å². The first kappa shape index (κ1) is 11.8. The molecule has 0 amide bonds. The number of thioether (sulfide) groups is 1. The molecule has 0 aliphatic rings. The van der Waals surface area contributed by atoms with Crippen LogP contribution in [-0.2, 0) is 6.54 Å². The third kappa shape index (κ3) is 2.10. The van der Waals surface area contributed by atoms with E-state index in [0.29, 0.717) is 12.1 Å². The minimum absolute atomic E-state index is 0.242. The Hall–Kier alpha value is -1.63. The Morgan fingerprint density at radius 1 is 1.59 bits per heavy atom. The Labute approximate surface area is 101 Å². The molecule has 2 aromatic rings. The molecule has 0 aliphatic carbocycles. The summed E-state index contributed by atoms with van der Waals surface area (Å²) in [6.45, 7) is 0.501. The van der Waals surface area contributed by atoms with Gasteiger partial charge in [0.05, 0.1) is 6.54 Å². The lowest BCUT2D eigenvalue weighted by atomic mass is 10.1. The lowest BCUT2D eigenvalue weighted by molar-refractivity contribution is 0.0693. The molecule has 0 fully saturated rings. The molecular weight excluding hydrogens is 245 g/mol. The van der Waals surface area contributed by atoms with E-state index in [1.807, 2.05) is 6.26 Å². The molecule has 1 aromatic heterocycles. The van der Waals surface area contributed by atoms with Crippen LogP contribution < -0.4 is 0 Å². The highest BCUT2D eigenvalue weighted by Crippen LogP contribution is 2.20. The summed E-state index contributed by atoms with van der Waals surface area (Å²) in [6, 6.07) is 2.53. The van der Waals surface area contributed by atoms with E-state index in [2.05, 4.69) is 10.3 Å². The summed E-state index contributed by atoms with van der Waals surface area (Å²) < 4.78 is 14.9. The number of nitrogens with zero attached hydrogens (tertiary/aromatic N) is 3. The second kappa shape index (κ2) is 4.70. The highest BCUT2D eigenvalue weighted by atomic mass is 32.2. The summed E-state index contributed by atoms with van der Waals surface area (Å²) in [4.78, 5) is 11.0. The molecule has 0 atom stereocenters. The summed E-state index contributed by atoms with van der Waals surface area (Å²) >= 11 is 1.60. The largest absolute Gasteiger partial charge is 0.478 e. The van der Waals surface area contributed by atoms with Gasteiger partial charge in [-0.1, -0.05) is 5.21 Å². The van der Waals surface area contributed by atoms with Crippen LogP contribution in [0.25, 0.3) is 11.0 Å². The molecule has 1 heterocycles. The molecular formula is C10H10FN3O2S. The zero-order valence-corrected chi connectivity index (χ0v) is 9.87. The van der Waals surface area contributed by atoms with Crippen LogP contribution in [0.5, 0.6) is 0 Å². The van der Waals surface area contributed by atoms with Crippen LogP contribution >= 0.6 is 11.8 Å². The molecule has 0 saturated heterocycles. The van der Waals surface area contributed by atoms with Crippen LogP contribution in [0.1, 0.15) is 10.4 Å². The van der Waals surface area contributed by atoms with Gasteiger partial charge in [-0.05, 0) is 18.4 Å². The van der Waals surface area contributed by atoms with E-state index < -0.39 is 11.8 Å². The first-order chi connectivity index (χ1) is 8.15. The molecule has 1 aromatic carbocycles. The van der Waals surface area contributed by atoms with Crippen molar-refractivity contribution in [2.45, 2.75) is 6.54 Å². The second-order valence-electron chi connectivity index (χ2n) is 3.40. The van der Waals surface area contributed by atoms with Crippen molar-refractivity contribution >= 4 is 28.8 Å². The molecule has 90 valence electrons. The van der Waals surface area contributed by atoms with Crippen molar-refractivity contribution in [3.05, 3.63) is 23.5 Å². The van der Waals surface area contributed by atoms with Crippen LogP contribution in [0, 0.1) is 5.82 Å². The fourth-order valence-corrected chi connectivity index (χ4v) is 1.94. The van der Waals surface area contributed by atoms with Crippen LogP contribution in [0.4, 0.5) is 4.39 Å². The standard InChI is InChI=1S/C10H10FN3O2S/c1-17-5-4-14-9-7(12-13-14)3-2-6(11)8(9)10(15)16/h2-3H,4-5H2,1H3,(H,15,16). The zero-order chi connectivity index (χ0) is 12.4. The fraction of sp³-hybridized carbons (Fsp3) is 0.300. The Balaban J connectivity index is 2.63. The normalized spacial score (nSPS) is 10.9. The molecule has 0 unspecified atom stereocenters. The van der Waals surface area contributed by atoms with Gasteiger partial charge in [-0.15, -0.1) is 5.10 Å². The Morgan fingerprint density at radius 2 is 2.35 bits per heavy atom. The predicted octanol–water partition coefficient (Wildman–Crippen LogP) is 1.63. The van der Waals surface area contributed by atoms with E-state index in [4.69, 9.17) is 5.11 Å². The minimum Gasteiger partial charge on any atom is -0.478 e. The second-order valence-corrected chi connectivity index (χ2v) is 4.39. The van der Waals surface area contributed by atoms with E-state index in [0.717, 1.165) is 11.8 Å². The highest BCUT2D eigenvalue weighted by Gasteiger charge is 2.19. The Bertz CT molecular complexity index is 570. The number of hydrogen-bond acceptors (Lipinski definition) is 4. The minimum atomic E-state index is -1.30. The van der Waals surface area contributed by atoms with Crippen molar-refractivity contribution in [3.8, 4) is 0 Å². The van der Waals surface area contributed by atoms with Crippen LogP contribution in [0.15, 0.2) is 12.1 Å². The number of hydrogen-bond donors (Lipinski definition) is 1. The Morgan fingerprint density at radius 3 is 3.00 bits per heavy atom. The molecule has 1 N–H and O–H groups in total. The smallest absolute Gasteiger partial charge is 0.340 e. The van der Waals surface area contributed by atoms with Gasteiger partial charge in [0, 0.05) is 5.75 Å². The number of benzene rings is 1. The molecule has 7 heteroatoms. The average Bonchev–Trinajstić information content (AvgIpc) is 2.68. The van der Waals surface area contributed by atoms with Crippen molar-refractivity contribution in [2.75, 3.05) is 12.0 Å². The van der Waals surface area contributed by atoms with Crippen molar-refractivity contribution in [2.24, 2.45) is 0 Å². The molecule has 2 rings (SSSR count). The number of halogens is 1. The number of aromatic nitrogens is 3. The van der Waals surface area contributed by atoms with E-state index in [-0.39, 0.29) is 11.1 Å². The number of fused-ring (bicyclic) bond motifs is 1. The maximum atomic E-state index is 13.5. The first-order valence-corrected chi connectivity index (χ1v) is 6.28. The van der Waals surface area contributed by atoms with Gasteiger partial charge in [0.2, 0.25) is 0 Å². The molecule has 0 aliphatic heterocycles. The van der Waals surface area contributed by atoms with Gasteiger partial charge < -0.3 is 5.11 Å². The number of carbonyl (C=O) groups is 1. The van der Waals surface area contributed by atoms with E-state index >= 15 is 0 Å². The van der Waals surface area contributed by atoms with Crippen molar-refractivity contribution in [1.29, 1.82) is 0 Å². The van der Waals surface area contributed by atoms with Gasteiger partial charge in [0.15, 0.2) is 0 Å². The molecule has 0 spiro atoms. The zero-order valence-electron chi connectivity index (χ0n) is 9.05. The summed E-state index contributed by atoms with van der Waals surface area (Å²) in [5, 5.41) is 16.7. The lowest BCUT2D eigenvalue weighted by Crippen LogP contribution is -2.08. The number of aromatic carboxylic acids is 1. The molecule has 5 nitrogen and oxygen atoms in total. The quantitative estimate of drug-likeness (QED) is 0.899. The predicted molar refractivity (Wildman–Crippen MR) is 62.8 cm³/mol. The summed E-state index contributed by atoms with van der Waals surface area (Å²) in [5.74, 6) is -1.31. The third-order valence-electron chi connectivity index (χ3n) is 2.35. The fourth-order valence-electron chi connectivity index (χ4n) is 1.58.